The van der Waals surface area contributed by atoms with E-state index in [0.717, 1.165) is 19.5 Å². The molecule has 1 fully saturated rings. The number of nitrogens with one attached hydrogen (secondary N) is 1. The highest BCUT2D eigenvalue weighted by Crippen LogP contribution is 2.10. The zero-order chi connectivity index (χ0) is 5.33. The van der Waals surface area contributed by atoms with Gasteiger partial charge in [-0.3, -0.25) is 0 Å². The summed E-state index contributed by atoms with van der Waals surface area (Å²) in [5.74, 6) is 0. The van der Waals surface area contributed by atoms with E-state index in [1.165, 1.54) is 0 Å². The van der Waals surface area contributed by atoms with Crippen molar-refractivity contribution < 1.29 is 5.11 Å². The van der Waals surface area contributed by atoms with Crippen LogP contribution in [0, 0.1) is 0 Å². The summed E-state index contributed by atoms with van der Waals surface area (Å²) < 4.78 is 0. The van der Waals surface area contributed by atoms with Gasteiger partial charge in [0.15, 0.2) is 0 Å². The average Bonchev–Trinajstić information content (AvgIpc) is 1.84. The first-order valence-corrected chi connectivity index (χ1v) is 2.64. The highest BCUT2D eigenvalue weighted by molar-refractivity contribution is 7.59. The molecule has 2 N–H and O–H groups in total. The van der Waals surface area contributed by atoms with Gasteiger partial charge < -0.3 is 10.4 Å². The van der Waals surface area contributed by atoms with Gasteiger partial charge in [-0.05, 0) is 19.9 Å². The summed E-state index contributed by atoms with van der Waals surface area (Å²) in [5, 5.41) is 12.2. The second-order valence-electron chi connectivity index (χ2n) is 2.42. The lowest BCUT2D eigenvalue weighted by atomic mass is 10.1. The van der Waals surface area contributed by atoms with Gasteiger partial charge in [0, 0.05) is 6.54 Å². The van der Waals surface area contributed by atoms with Gasteiger partial charge in [-0.1, -0.05) is 0 Å². The summed E-state index contributed by atoms with van der Waals surface area (Å²) in [5.41, 5.74) is -0.417. The summed E-state index contributed by atoms with van der Waals surface area (Å²) in [7, 11) is 0. The van der Waals surface area contributed by atoms with Crippen molar-refractivity contribution in [3.8, 4) is 0 Å². The first-order chi connectivity index (χ1) is 3.21. The molecule has 0 radical (unpaired) electrons. The van der Waals surface area contributed by atoms with Crippen LogP contribution in [0.2, 0.25) is 0 Å². The summed E-state index contributed by atoms with van der Waals surface area (Å²) >= 11 is 0. The van der Waals surface area contributed by atoms with Crippen LogP contribution in [-0.2, 0) is 0 Å². The molecule has 50 valence electrons. The van der Waals surface area contributed by atoms with Gasteiger partial charge in [0.05, 0.1) is 5.60 Å². The van der Waals surface area contributed by atoms with Gasteiger partial charge >= 0.3 is 0 Å². The van der Waals surface area contributed by atoms with Gasteiger partial charge in [0.25, 0.3) is 0 Å². The molecule has 0 bridgehead atoms. The maximum Gasteiger partial charge on any atom is 0.0755 e. The third-order valence-electron chi connectivity index (χ3n) is 1.35. The minimum absolute atomic E-state index is 0. The van der Waals surface area contributed by atoms with Crippen molar-refractivity contribution in [3.05, 3.63) is 0 Å². The molecular formula is C5H13NOS. The Morgan fingerprint density at radius 3 is 2.38 bits per heavy atom. The molecule has 0 aliphatic carbocycles. The molecule has 0 aromatic heterocycles. The molecule has 1 rings (SSSR count). The van der Waals surface area contributed by atoms with Gasteiger partial charge in [-0.15, -0.1) is 0 Å². The van der Waals surface area contributed by atoms with Crippen LogP contribution in [0.25, 0.3) is 0 Å². The Kier molecular flexibility index (Phi) is 2.80. The minimum atomic E-state index is -0.417. The molecule has 1 heterocycles. The number of β-amino-alcohol motifs (C(OH)–C–C–N with tert-alkyl or cyclic N) is 1. The molecule has 0 aromatic rings. The van der Waals surface area contributed by atoms with E-state index < -0.39 is 5.60 Å². The first-order valence-electron chi connectivity index (χ1n) is 2.64. The summed E-state index contributed by atoms with van der Waals surface area (Å²) in [6.07, 6.45) is 0.896. The van der Waals surface area contributed by atoms with E-state index in [4.69, 9.17) is 5.11 Å². The number of hydrogen-bond donors (Lipinski definition) is 2. The lowest BCUT2D eigenvalue weighted by molar-refractivity contribution is 0.0820. The third-order valence-corrected chi connectivity index (χ3v) is 1.35. The number of aliphatic hydroxyl groups is 1. The SMILES string of the molecule is C[C@]1(O)CCNC1.S. The maximum absolute atomic E-state index is 9.13. The summed E-state index contributed by atoms with van der Waals surface area (Å²) in [6, 6.07) is 0. The Morgan fingerprint density at radius 1 is 1.62 bits per heavy atom. The molecule has 3 heteroatoms. The van der Waals surface area contributed by atoms with E-state index in [-0.39, 0.29) is 13.5 Å². The highest BCUT2D eigenvalue weighted by Gasteiger charge is 2.23. The minimum Gasteiger partial charge on any atom is -0.389 e. The fourth-order valence-electron chi connectivity index (χ4n) is 0.804. The van der Waals surface area contributed by atoms with Crippen LogP contribution in [0.3, 0.4) is 0 Å². The Labute approximate surface area is 56.7 Å². The molecule has 1 aliphatic rings. The van der Waals surface area contributed by atoms with E-state index >= 15 is 0 Å². The molecule has 1 atom stereocenters. The molecule has 0 aromatic carbocycles. The Morgan fingerprint density at radius 2 is 2.25 bits per heavy atom. The fourth-order valence-corrected chi connectivity index (χ4v) is 0.804. The van der Waals surface area contributed by atoms with Crippen LogP contribution in [0.5, 0.6) is 0 Å². The standard InChI is InChI=1S/C5H11NO.H2S/c1-5(7)2-3-6-4-5;/h6-7H,2-4H2,1H3;1H2/t5-;/m0./s1. The Hall–Kier alpha value is 0.270. The lowest BCUT2D eigenvalue weighted by Gasteiger charge is -2.11. The van der Waals surface area contributed by atoms with Gasteiger partial charge in [0.1, 0.15) is 0 Å². The van der Waals surface area contributed by atoms with Gasteiger partial charge in [0.2, 0.25) is 0 Å². The quantitative estimate of drug-likeness (QED) is 0.484. The van der Waals surface area contributed by atoms with E-state index in [0.29, 0.717) is 0 Å². The molecule has 2 nitrogen and oxygen atoms in total. The molecular weight excluding hydrogens is 122 g/mol. The second-order valence-corrected chi connectivity index (χ2v) is 2.42. The molecule has 1 saturated heterocycles. The van der Waals surface area contributed by atoms with E-state index in [2.05, 4.69) is 5.32 Å². The topological polar surface area (TPSA) is 32.3 Å². The monoisotopic (exact) mass is 135 g/mol. The molecule has 8 heavy (non-hydrogen) atoms. The van der Waals surface area contributed by atoms with Crippen LogP contribution >= 0.6 is 13.5 Å². The van der Waals surface area contributed by atoms with Crippen molar-refractivity contribution in [2.75, 3.05) is 13.1 Å². The highest BCUT2D eigenvalue weighted by atomic mass is 32.1. The maximum atomic E-state index is 9.13. The molecule has 0 saturated carbocycles. The predicted molar refractivity (Wildman–Crippen MR) is 38.5 cm³/mol. The normalized spacial score (nSPS) is 36.8. The zero-order valence-electron chi connectivity index (χ0n) is 5.07. The van der Waals surface area contributed by atoms with Crippen molar-refractivity contribution in [3.63, 3.8) is 0 Å². The molecule has 1 aliphatic heterocycles. The van der Waals surface area contributed by atoms with Crippen molar-refractivity contribution >= 4 is 13.5 Å². The number of rotatable bonds is 0. The second kappa shape index (κ2) is 2.71. The molecule has 0 spiro atoms. The largest absolute Gasteiger partial charge is 0.389 e. The van der Waals surface area contributed by atoms with Crippen molar-refractivity contribution in [2.24, 2.45) is 0 Å². The van der Waals surface area contributed by atoms with E-state index in [1.807, 2.05) is 6.92 Å². The van der Waals surface area contributed by atoms with Crippen LogP contribution in [0.15, 0.2) is 0 Å². The van der Waals surface area contributed by atoms with Crippen LogP contribution in [0.1, 0.15) is 13.3 Å². The Balaban J connectivity index is 0.000000490. The van der Waals surface area contributed by atoms with Gasteiger partial charge in [-0.25, -0.2) is 0 Å². The molecule has 0 unspecified atom stereocenters. The van der Waals surface area contributed by atoms with Crippen LogP contribution in [0.4, 0.5) is 0 Å². The number of hydrogen-bond acceptors (Lipinski definition) is 2. The Bertz CT molecular complexity index is 66.8. The van der Waals surface area contributed by atoms with Crippen LogP contribution < -0.4 is 5.32 Å². The fraction of sp³-hybridized carbons (Fsp3) is 1.00. The smallest absolute Gasteiger partial charge is 0.0755 e. The van der Waals surface area contributed by atoms with Crippen LogP contribution in [-0.4, -0.2) is 23.8 Å². The molecule has 0 amide bonds. The average molecular weight is 135 g/mol. The van der Waals surface area contributed by atoms with E-state index in [1.54, 1.807) is 0 Å². The third kappa shape index (κ3) is 2.03. The van der Waals surface area contributed by atoms with Crippen molar-refractivity contribution in [1.82, 2.24) is 5.32 Å². The summed E-state index contributed by atoms with van der Waals surface area (Å²) in [4.78, 5) is 0. The van der Waals surface area contributed by atoms with Crippen molar-refractivity contribution in [2.45, 2.75) is 18.9 Å². The lowest BCUT2D eigenvalue weighted by Crippen LogP contribution is -2.26. The van der Waals surface area contributed by atoms with Crippen molar-refractivity contribution in [1.29, 1.82) is 0 Å². The van der Waals surface area contributed by atoms with Gasteiger partial charge in [-0.2, -0.15) is 13.5 Å². The predicted octanol–water partition coefficient (Wildman–Crippen LogP) is -0.156. The first kappa shape index (κ1) is 8.27. The van der Waals surface area contributed by atoms with E-state index in [9.17, 15) is 0 Å². The summed E-state index contributed by atoms with van der Waals surface area (Å²) in [6.45, 7) is 3.58. The zero-order valence-corrected chi connectivity index (χ0v) is 6.07.